The van der Waals surface area contributed by atoms with Crippen molar-refractivity contribution in [1.29, 1.82) is 0 Å². The maximum Gasteiger partial charge on any atom is 0.0714 e. The highest BCUT2D eigenvalue weighted by Crippen LogP contribution is 2.58. The molecule has 0 spiro atoms. The minimum absolute atomic E-state index is 0.561. The molecule has 0 atom stereocenters. The second-order valence-corrected chi connectivity index (χ2v) is 19.3. The Hall–Kier alpha value is -9.50. The number of hydrogen-bond donors (Lipinski definition) is 0. The maximum absolute atomic E-state index is 2.50. The molecule has 1 aliphatic carbocycles. The van der Waals surface area contributed by atoms with Gasteiger partial charge in [-0.1, -0.05) is 224 Å². The van der Waals surface area contributed by atoms with Crippen molar-refractivity contribution in [1.82, 2.24) is 0 Å². The van der Waals surface area contributed by atoms with Gasteiger partial charge in [0.25, 0.3) is 0 Å². The lowest BCUT2D eigenvalue weighted by atomic mass is 9.67. The molecule has 0 N–H and O–H groups in total. The van der Waals surface area contributed by atoms with Crippen molar-refractivity contribution < 1.29 is 0 Å². The van der Waals surface area contributed by atoms with Crippen molar-refractivity contribution >= 4 is 44.9 Å². The molecule has 12 aromatic rings. The molecule has 12 aromatic carbocycles. The summed E-state index contributed by atoms with van der Waals surface area (Å²) >= 11 is 0. The van der Waals surface area contributed by atoms with Gasteiger partial charge in [0.1, 0.15) is 0 Å². The number of anilines is 6. The molecule has 0 amide bonds. The molecule has 2 nitrogen and oxygen atoms in total. The van der Waals surface area contributed by atoms with Gasteiger partial charge in [-0.15, -0.1) is 0 Å². The van der Waals surface area contributed by atoms with Gasteiger partial charge in [-0.3, -0.25) is 0 Å². The average Bonchev–Trinajstić information content (AvgIpc) is 3.82. The first-order valence-electron chi connectivity index (χ1n) is 25.6. The van der Waals surface area contributed by atoms with Crippen LogP contribution in [-0.2, 0) is 5.41 Å². The van der Waals surface area contributed by atoms with Gasteiger partial charge >= 0.3 is 0 Å². The number of fused-ring (bicyclic) bond motifs is 4. The van der Waals surface area contributed by atoms with Crippen molar-refractivity contribution in [2.75, 3.05) is 9.80 Å². The van der Waals surface area contributed by atoms with Crippen LogP contribution in [0.5, 0.6) is 0 Å². The lowest BCUT2D eigenvalue weighted by Crippen LogP contribution is -2.28. The summed E-state index contributed by atoms with van der Waals surface area (Å²) < 4.78 is 0. The Morgan fingerprint density at radius 2 is 0.770 bits per heavy atom. The fraction of sp³-hybridized carbons (Fsp3) is 0.0278. The molecule has 0 saturated carbocycles. The van der Waals surface area contributed by atoms with Crippen LogP contribution in [0.15, 0.2) is 297 Å². The van der Waals surface area contributed by atoms with E-state index in [1.54, 1.807) is 0 Å². The molecule has 0 radical (unpaired) electrons. The molecule has 350 valence electrons. The Morgan fingerprint density at radius 1 is 0.284 bits per heavy atom. The summed E-state index contributed by atoms with van der Waals surface area (Å²) in [5, 5.41) is 2.41. The molecule has 0 heterocycles. The van der Waals surface area contributed by atoms with Crippen molar-refractivity contribution in [2.45, 2.75) is 12.3 Å². The first-order valence-corrected chi connectivity index (χ1v) is 25.6. The molecule has 0 aromatic heterocycles. The van der Waals surface area contributed by atoms with E-state index in [1.807, 2.05) is 0 Å². The first kappa shape index (κ1) is 44.4. The molecule has 2 heteroatoms. The summed E-state index contributed by atoms with van der Waals surface area (Å²) in [5.74, 6) is 0. The Balaban J connectivity index is 0.981. The fourth-order valence-corrected chi connectivity index (χ4v) is 11.7. The summed E-state index contributed by atoms with van der Waals surface area (Å²) in [6, 6.07) is 109. The summed E-state index contributed by atoms with van der Waals surface area (Å²) in [6.45, 7) is 2.26. The quantitative estimate of drug-likeness (QED) is 0.127. The molecular weight excluding hydrogens is 893 g/mol. The number of aryl methyl sites for hydroxylation is 1. The van der Waals surface area contributed by atoms with Crippen molar-refractivity contribution in [2.24, 2.45) is 0 Å². The van der Waals surface area contributed by atoms with Gasteiger partial charge < -0.3 is 9.80 Å². The Labute approximate surface area is 434 Å². The highest BCUT2D eigenvalue weighted by atomic mass is 15.1. The standard InChI is InChI=1S/C72H52N2/c1-51-22-19-39-67-70(51)66-46-45-64(50-68(66)72(67,58-29-9-3-10-30-58)59-31-11-4-12-32-59)74(69-47-42-53-23-17-18-38-65(53)71(69)54-24-7-2-8-25-54)63-37-21-28-57(49-63)56-27-20-26-55(48-56)52-40-43-62(44-41-52)73(60-33-13-5-14-34-60)61-35-15-6-16-36-61/h2-50H,1H3. The number of rotatable bonds is 11. The molecular formula is C72H52N2. The van der Waals surface area contributed by atoms with Gasteiger partial charge in [-0.25, -0.2) is 0 Å². The van der Waals surface area contributed by atoms with E-state index >= 15 is 0 Å². The largest absolute Gasteiger partial charge is 0.311 e. The van der Waals surface area contributed by atoms with E-state index < -0.39 is 5.41 Å². The zero-order valence-corrected chi connectivity index (χ0v) is 41.2. The topological polar surface area (TPSA) is 6.48 Å². The van der Waals surface area contributed by atoms with Gasteiger partial charge in [0.2, 0.25) is 0 Å². The van der Waals surface area contributed by atoms with Crippen molar-refractivity contribution in [3.63, 3.8) is 0 Å². The number of nitrogens with zero attached hydrogens (tertiary/aromatic N) is 2. The van der Waals surface area contributed by atoms with Gasteiger partial charge in [-0.05, 0) is 157 Å². The third-order valence-electron chi connectivity index (χ3n) is 15.0. The Kier molecular flexibility index (Phi) is 11.4. The predicted octanol–water partition coefficient (Wildman–Crippen LogP) is 19.5. The summed E-state index contributed by atoms with van der Waals surface area (Å²) in [6.07, 6.45) is 0. The molecule has 0 saturated heterocycles. The lowest BCUT2D eigenvalue weighted by molar-refractivity contribution is 0.768. The SMILES string of the molecule is Cc1cccc2c1-c1ccc(N(c3cccc(-c4cccc(-c5ccc(N(c6ccccc6)c6ccccc6)cc5)c4)c3)c3ccc4ccccc4c3-c3ccccc3)cc1C2(c1ccccc1)c1ccccc1. The summed E-state index contributed by atoms with van der Waals surface area (Å²) in [4.78, 5) is 4.81. The van der Waals surface area contributed by atoms with Crippen molar-refractivity contribution in [3.05, 3.63) is 325 Å². The summed E-state index contributed by atoms with van der Waals surface area (Å²) in [7, 11) is 0. The molecule has 13 rings (SSSR count). The van der Waals surface area contributed by atoms with Gasteiger partial charge in [0.05, 0.1) is 11.1 Å². The number of hydrogen-bond acceptors (Lipinski definition) is 2. The number of para-hydroxylation sites is 2. The average molecular weight is 945 g/mol. The molecule has 0 bridgehead atoms. The van der Waals surface area contributed by atoms with Gasteiger partial charge in [0.15, 0.2) is 0 Å². The fourth-order valence-electron chi connectivity index (χ4n) is 11.7. The molecule has 0 unspecified atom stereocenters. The molecule has 0 aliphatic heterocycles. The van der Waals surface area contributed by atoms with Crippen LogP contribution < -0.4 is 9.80 Å². The third-order valence-corrected chi connectivity index (χ3v) is 15.0. The third kappa shape index (κ3) is 7.67. The lowest BCUT2D eigenvalue weighted by Gasteiger charge is -2.35. The summed E-state index contributed by atoms with van der Waals surface area (Å²) in [5.41, 5.74) is 21.9. The van der Waals surface area contributed by atoms with Crippen LogP contribution in [0.25, 0.3) is 55.3 Å². The minimum Gasteiger partial charge on any atom is -0.311 e. The minimum atomic E-state index is -0.561. The first-order chi connectivity index (χ1) is 36.6. The normalized spacial score (nSPS) is 12.2. The second kappa shape index (κ2) is 18.9. The number of benzene rings is 12. The van der Waals surface area contributed by atoms with E-state index in [1.165, 1.54) is 60.8 Å². The zero-order valence-electron chi connectivity index (χ0n) is 41.2. The van der Waals surface area contributed by atoms with Crippen LogP contribution in [0, 0.1) is 6.92 Å². The van der Waals surface area contributed by atoms with Gasteiger partial charge in [-0.2, -0.15) is 0 Å². The van der Waals surface area contributed by atoms with Gasteiger partial charge in [0, 0.05) is 34.0 Å². The highest BCUT2D eigenvalue weighted by Gasteiger charge is 2.47. The van der Waals surface area contributed by atoms with E-state index in [0.717, 1.165) is 56.4 Å². The second-order valence-electron chi connectivity index (χ2n) is 19.3. The van der Waals surface area contributed by atoms with E-state index in [0.29, 0.717) is 0 Å². The Bertz CT molecular complexity index is 3870. The van der Waals surface area contributed by atoms with Crippen LogP contribution in [0.2, 0.25) is 0 Å². The maximum atomic E-state index is 2.50. The van der Waals surface area contributed by atoms with E-state index in [2.05, 4.69) is 314 Å². The highest BCUT2D eigenvalue weighted by molar-refractivity contribution is 6.06. The molecule has 1 aliphatic rings. The Morgan fingerprint density at radius 3 is 1.43 bits per heavy atom. The van der Waals surface area contributed by atoms with Crippen LogP contribution in [0.4, 0.5) is 34.1 Å². The van der Waals surface area contributed by atoms with Crippen LogP contribution >= 0.6 is 0 Å². The van der Waals surface area contributed by atoms with E-state index in [-0.39, 0.29) is 0 Å². The zero-order chi connectivity index (χ0) is 49.4. The van der Waals surface area contributed by atoms with Crippen LogP contribution in [0.1, 0.15) is 27.8 Å². The molecule has 0 fully saturated rings. The molecule has 74 heavy (non-hydrogen) atoms. The van der Waals surface area contributed by atoms with Crippen molar-refractivity contribution in [3.8, 4) is 44.5 Å². The monoisotopic (exact) mass is 944 g/mol. The van der Waals surface area contributed by atoms with E-state index in [4.69, 9.17) is 0 Å². The van der Waals surface area contributed by atoms with Crippen LogP contribution in [0.3, 0.4) is 0 Å². The smallest absolute Gasteiger partial charge is 0.0714 e. The van der Waals surface area contributed by atoms with E-state index in [9.17, 15) is 0 Å². The van der Waals surface area contributed by atoms with Crippen LogP contribution in [-0.4, -0.2) is 0 Å². The predicted molar refractivity (Wildman–Crippen MR) is 312 cm³/mol.